The number of rotatable bonds is 5. The highest BCUT2D eigenvalue weighted by molar-refractivity contribution is 7.90. The van der Waals surface area contributed by atoms with Crippen LogP contribution in [0.4, 0.5) is 0 Å². The van der Waals surface area contributed by atoms with Gasteiger partial charge in [-0.3, -0.25) is 0 Å². The Morgan fingerprint density at radius 1 is 1.25 bits per heavy atom. The van der Waals surface area contributed by atoms with E-state index in [1.165, 1.54) is 31.9 Å². The molecule has 1 aliphatic carbocycles. The molecule has 0 amide bonds. The fourth-order valence-corrected chi connectivity index (χ4v) is 3.55. The van der Waals surface area contributed by atoms with Crippen LogP contribution in [0.2, 0.25) is 0 Å². The summed E-state index contributed by atoms with van der Waals surface area (Å²) in [6.45, 7) is 2.94. The van der Waals surface area contributed by atoms with Gasteiger partial charge < -0.3 is 5.73 Å². The van der Waals surface area contributed by atoms with E-state index >= 15 is 0 Å². The summed E-state index contributed by atoms with van der Waals surface area (Å²) in [7, 11) is -2.82. The number of hydrogen-bond donors (Lipinski definition) is 1. The third-order valence-corrected chi connectivity index (χ3v) is 4.97. The van der Waals surface area contributed by atoms with E-state index in [-0.39, 0.29) is 0 Å². The second-order valence-electron chi connectivity index (χ2n) is 5.26. The molecule has 0 aromatic heterocycles. The lowest BCUT2D eigenvalue weighted by atomic mass is 9.72. The van der Waals surface area contributed by atoms with Crippen LogP contribution in [0, 0.1) is 17.8 Å². The van der Waals surface area contributed by atoms with Crippen LogP contribution in [0.15, 0.2) is 0 Å². The molecule has 0 aromatic rings. The minimum atomic E-state index is -2.82. The van der Waals surface area contributed by atoms with E-state index < -0.39 is 9.84 Å². The Morgan fingerprint density at radius 2 is 1.94 bits per heavy atom. The maximum atomic E-state index is 11.2. The Labute approximate surface area is 99.7 Å². The molecule has 3 atom stereocenters. The van der Waals surface area contributed by atoms with Gasteiger partial charge in [0.05, 0.1) is 5.75 Å². The van der Waals surface area contributed by atoms with Gasteiger partial charge in [-0.15, -0.1) is 0 Å². The lowest BCUT2D eigenvalue weighted by Crippen LogP contribution is -2.31. The average Bonchev–Trinajstić information content (AvgIpc) is 2.25. The molecule has 1 rings (SSSR count). The SMILES string of the molecule is CCC1CCC(CN)C(CCS(C)(=O)=O)C1. The summed E-state index contributed by atoms with van der Waals surface area (Å²) in [5.41, 5.74) is 5.77. The van der Waals surface area contributed by atoms with Crippen LogP contribution in [0.3, 0.4) is 0 Å². The van der Waals surface area contributed by atoms with Crippen molar-refractivity contribution in [1.29, 1.82) is 0 Å². The molecule has 16 heavy (non-hydrogen) atoms. The summed E-state index contributed by atoms with van der Waals surface area (Å²) in [6.07, 6.45) is 6.97. The lowest BCUT2D eigenvalue weighted by molar-refractivity contribution is 0.176. The zero-order valence-electron chi connectivity index (χ0n) is 10.5. The summed E-state index contributed by atoms with van der Waals surface area (Å²) in [5, 5.41) is 0. The average molecular weight is 247 g/mol. The smallest absolute Gasteiger partial charge is 0.147 e. The minimum absolute atomic E-state index is 0.324. The molecule has 0 spiro atoms. The van der Waals surface area contributed by atoms with Crippen molar-refractivity contribution in [3.63, 3.8) is 0 Å². The Balaban J connectivity index is 2.51. The van der Waals surface area contributed by atoms with Crippen molar-refractivity contribution in [2.24, 2.45) is 23.5 Å². The zero-order valence-corrected chi connectivity index (χ0v) is 11.3. The first kappa shape index (κ1) is 14.0. The zero-order chi connectivity index (χ0) is 12.2. The third kappa shape index (κ3) is 4.42. The van der Waals surface area contributed by atoms with Gasteiger partial charge in [0, 0.05) is 6.26 Å². The standard InChI is InChI=1S/C12H25NO2S/c1-3-10-4-5-12(9-13)11(8-10)6-7-16(2,14)15/h10-12H,3-9,13H2,1-2H3. The predicted octanol–water partition coefficient (Wildman–Crippen LogP) is 1.82. The van der Waals surface area contributed by atoms with Gasteiger partial charge >= 0.3 is 0 Å². The second kappa shape index (κ2) is 6.01. The number of hydrogen-bond acceptors (Lipinski definition) is 3. The van der Waals surface area contributed by atoms with Crippen LogP contribution in [-0.4, -0.2) is 27.0 Å². The first-order chi connectivity index (χ1) is 7.46. The first-order valence-corrected chi connectivity index (χ1v) is 8.40. The lowest BCUT2D eigenvalue weighted by Gasteiger charge is -2.35. The highest BCUT2D eigenvalue weighted by Gasteiger charge is 2.29. The molecule has 3 nitrogen and oxygen atoms in total. The molecular formula is C12H25NO2S. The maximum absolute atomic E-state index is 11.2. The summed E-state index contributed by atoms with van der Waals surface area (Å²) in [6, 6.07) is 0. The summed E-state index contributed by atoms with van der Waals surface area (Å²) in [4.78, 5) is 0. The predicted molar refractivity (Wildman–Crippen MR) is 68.0 cm³/mol. The molecule has 1 aliphatic rings. The van der Waals surface area contributed by atoms with Crippen molar-refractivity contribution in [3.05, 3.63) is 0 Å². The minimum Gasteiger partial charge on any atom is -0.330 e. The molecule has 96 valence electrons. The van der Waals surface area contributed by atoms with Crippen LogP contribution in [0.25, 0.3) is 0 Å². The molecule has 0 bridgehead atoms. The van der Waals surface area contributed by atoms with Gasteiger partial charge in [-0.05, 0) is 43.6 Å². The van der Waals surface area contributed by atoms with Crippen molar-refractivity contribution < 1.29 is 8.42 Å². The monoisotopic (exact) mass is 247 g/mol. The largest absolute Gasteiger partial charge is 0.330 e. The van der Waals surface area contributed by atoms with Crippen molar-refractivity contribution >= 4 is 9.84 Å². The van der Waals surface area contributed by atoms with Crippen LogP contribution >= 0.6 is 0 Å². The van der Waals surface area contributed by atoms with Gasteiger partial charge in [-0.1, -0.05) is 19.8 Å². The normalized spacial score (nSPS) is 31.6. The van der Waals surface area contributed by atoms with Crippen LogP contribution < -0.4 is 5.73 Å². The number of sulfone groups is 1. The third-order valence-electron chi connectivity index (χ3n) is 3.99. The van der Waals surface area contributed by atoms with Crippen molar-refractivity contribution in [2.75, 3.05) is 18.6 Å². The van der Waals surface area contributed by atoms with Crippen molar-refractivity contribution in [1.82, 2.24) is 0 Å². The molecule has 0 saturated heterocycles. The quantitative estimate of drug-likeness (QED) is 0.806. The first-order valence-electron chi connectivity index (χ1n) is 6.34. The Kier molecular flexibility index (Phi) is 5.25. The van der Waals surface area contributed by atoms with Gasteiger partial charge in [0.2, 0.25) is 0 Å². The maximum Gasteiger partial charge on any atom is 0.147 e. The molecule has 4 heteroatoms. The molecule has 0 radical (unpaired) electrons. The van der Waals surface area contributed by atoms with Gasteiger partial charge in [-0.2, -0.15) is 0 Å². The van der Waals surface area contributed by atoms with Gasteiger partial charge in [0.25, 0.3) is 0 Å². The van der Waals surface area contributed by atoms with Gasteiger partial charge in [0.15, 0.2) is 0 Å². The van der Waals surface area contributed by atoms with E-state index in [1.54, 1.807) is 0 Å². The van der Waals surface area contributed by atoms with E-state index in [4.69, 9.17) is 5.73 Å². The van der Waals surface area contributed by atoms with Crippen molar-refractivity contribution in [3.8, 4) is 0 Å². The van der Waals surface area contributed by atoms with E-state index in [0.29, 0.717) is 24.1 Å². The summed E-state index contributed by atoms with van der Waals surface area (Å²) in [5.74, 6) is 2.18. The molecular weight excluding hydrogens is 222 g/mol. The van der Waals surface area contributed by atoms with Gasteiger partial charge in [-0.25, -0.2) is 8.42 Å². The van der Waals surface area contributed by atoms with E-state index in [2.05, 4.69) is 6.92 Å². The fourth-order valence-electron chi connectivity index (χ4n) is 2.82. The van der Waals surface area contributed by atoms with Crippen LogP contribution in [0.1, 0.15) is 39.0 Å². The van der Waals surface area contributed by atoms with Crippen LogP contribution in [0.5, 0.6) is 0 Å². The second-order valence-corrected chi connectivity index (χ2v) is 7.52. The molecule has 0 heterocycles. The molecule has 0 aromatic carbocycles. The van der Waals surface area contributed by atoms with E-state index in [0.717, 1.165) is 12.3 Å². The Hall–Kier alpha value is -0.0900. The summed E-state index contributed by atoms with van der Waals surface area (Å²) < 4.78 is 22.4. The molecule has 2 N–H and O–H groups in total. The summed E-state index contributed by atoms with van der Waals surface area (Å²) >= 11 is 0. The number of nitrogens with two attached hydrogens (primary N) is 1. The molecule has 1 saturated carbocycles. The van der Waals surface area contributed by atoms with E-state index in [1.807, 2.05) is 0 Å². The topological polar surface area (TPSA) is 60.2 Å². The van der Waals surface area contributed by atoms with Crippen molar-refractivity contribution in [2.45, 2.75) is 39.0 Å². The molecule has 1 fully saturated rings. The fraction of sp³-hybridized carbons (Fsp3) is 1.00. The molecule has 0 aliphatic heterocycles. The highest BCUT2D eigenvalue weighted by Crippen LogP contribution is 2.36. The van der Waals surface area contributed by atoms with Gasteiger partial charge in [0.1, 0.15) is 9.84 Å². The Morgan fingerprint density at radius 3 is 2.44 bits per heavy atom. The van der Waals surface area contributed by atoms with Crippen LogP contribution in [-0.2, 0) is 9.84 Å². The Bertz CT molecular complexity index is 300. The molecule has 3 unspecified atom stereocenters. The van der Waals surface area contributed by atoms with E-state index in [9.17, 15) is 8.42 Å². The highest BCUT2D eigenvalue weighted by atomic mass is 32.2.